The lowest BCUT2D eigenvalue weighted by molar-refractivity contribution is 0.229. The molecule has 3 aromatic carbocycles. The minimum absolute atomic E-state index is 0.156. The van der Waals surface area contributed by atoms with Crippen molar-refractivity contribution < 1.29 is 9.47 Å². The molecular formula is C21H17NO2. The Labute approximate surface area is 141 Å². The van der Waals surface area contributed by atoms with Crippen molar-refractivity contribution >= 4 is 11.6 Å². The van der Waals surface area contributed by atoms with Crippen molar-refractivity contribution in [2.45, 2.75) is 6.10 Å². The number of nitrogens with zero attached hydrogens (tertiary/aromatic N) is 1. The van der Waals surface area contributed by atoms with E-state index in [9.17, 15) is 0 Å². The van der Waals surface area contributed by atoms with Gasteiger partial charge in [0, 0.05) is 11.1 Å². The number of aliphatic imine (C=N–C) groups is 1. The number of para-hydroxylation sites is 1. The Morgan fingerprint density at radius 1 is 0.833 bits per heavy atom. The summed E-state index contributed by atoms with van der Waals surface area (Å²) in [6, 6.07) is 26.1. The topological polar surface area (TPSA) is 30.8 Å². The zero-order chi connectivity index (χ0) is 16.4. The molecule has 0 bridgehead atoms. The molecule has 0 fully saturated rings. The summed E-state index contributed by atoms with van der Waals surface area (Å²) < 4.78 is 11.5. The van der Waals surface area contributed by atoms with Crippen LogP contribution in [0.3, 0.4) is 0 Å². The fraction of sp³-hybridized carbons (Fsp3) is 0.0952. The molecule has 3 heteroatoms. The first-order valence-electron chi connectivity index (χ1n) is 7.89. The van der Waals surface area contributed by atoms with Crippen molar-refractivity contribution in [2.24, 2.45) is 4.99 Å². The third-order valence-corrected chi connectivity index (χ3v) is 4.11. The van der Waals surface area contributed by atoms with E-state index in [0.29, 0.717) is 5.90 Å². The summed E-state index contributed by atoms with van der Waals surface area (Å²) in [6.07, 6.45) is -0.156. The Morgan fingerprint density at radius 3 is 2.29 bits per heavy atom. The van der Waals surface area contributed by atoms with Gasteiger partial charge < -0.3 is 9.47 Å². The molecule has 1 heterocycles. The summed E-state index contributed by atoms with van der Waals surface area (Å²) in [5, 5.41) is 0. The summed E-state index contributed by atoms with van der Waals surface area (Å²) in [6.45, 7) is 0. The maximum Gasteiger partial charge on any atom is 0.222 e. The molecular weight excluding hydrogens is 298 g/mol. The minimum atomic E-state index is -0.156. The lowest BCUT2D eigenvalue weighted by Gasteiger charge is -2.26. The molecule has 3 nitrogen and oxygen atoms in total. The van der Waals surface area contributed by atoms with Crippen molar-refractivity contribution in [3.8, 4) is 5.75 Å². The maximum absolute atomic E-state index is 6.27. The molecule has 0 N–H and O–H groups in total. The zero-order valence-electron chi connectivity index (χ0n) is 13.3. The van der Waals surface area contributed by atoms with Gasteiger partial charge in [-0.3, -0.25) is 0 Å². The maximum atomic E-state index is 6.27. The second kappa shape index (κ2) is 6.20. The van der Waals surface area contributed by atoms with Crippen molar-refractivity contribution in [1.82, 2.24) is 0 Å². The van der Waals surface area contributed by atoms with Gasteiger partial charge in [-0.25, -0.2) is 4.99 Å². The quantitative estimate of drug-likeness (QED) is 0.689. The third kappa shape index (κ3) is 2.65. The van der Waals surface area contributed by atoms with Gasteiger partial charge in [0.1, 0.15) is 5.75 Å². The molecule has 1 aliphatic heterocycles. The number of ether oxygens (including phenoxy) is 2. The van der Waals surface area contributed by atoms with Gasteiger partial charge in [0.2, 0.25) is 5.90 Å². The third-order valence-electron chi connectivity index (χ3n) is 4.11. The van der Waals surface area contributed by atoms with Crippen LogP contribution in [0.5, 0.6) is 5.75 Å². The van der Waals surface area contributed by atoms with Crippen LogP contribution < -0.4 is 4.74 Å². The van der Waals surface area contributed by atoms with Crippen molar-refractivity contribution in [3.63, 3.8) is 0 Å². The Bertz CT molecular complexity index is 870. The second-order valence-corrected chi connectivity index (χ2v) is 5.61. The van der Waals surface area contributed by atoms with Crippen molar-refractivity contribution in [2.75, 3.05) is 7.11 Å². The summed E-state index contributed by atoms with van der Waals surface area (Å²) in [5.41, 5.74) is 4.08. The van der Waals surface area contributed by atoms with Gasteiger partial charge in [-0.1, -0.05) is 48.5 Å². The second-order valence-electron chi connectivity index (χ2n) is 5.61. The number of hydrogen-bond acceptors (Lipinski definition) is 3. The molecule has 0 amide bonds. The zero-order valence-corrected chi connectivity index (χ0v) is 13.3. The van der Waals surface area contributed by atoms with Gasteiger partial charge in [0.25, 0.3) is 0 Å². The molecule has 24 heavy (non-hydrogen) atoms. The van der Waals surface area contributed by atoms with Gasteiger partial charge in [-0.15, -0.1) is 0 Å². The van der Waals surface area contributed by atoms with Crippen LogP contribution in [0.1, 0.15) is 22.8 Å². The van der Waals surface area contributed by atoms with Crippen LogP contribution in [0, 0.1) is 0 Å². The fourth-order valence-corrected chi connectivity index (χ4v) is 2.86. The van der Waals surface area contributed by atoms with E-state index >= 15 is 0 Å². The van der Waals surface area contributed by atoms with Crippen LogP contribution in [0.4, 0.5) is 5.69 Å². The molecule has 1 aliphatic rings. The van der Waals surface area contributed by atoms with Crippen molar-refractivity contribution in [3.05, 3.63) is 95.6 Å². The lowest BCUT2D eigenvalue weighted by atomic mass is 9.98. The molecule has 0 saturated carbocycles. The molecule has 0 aliphatic carbocycles. The van der Waals surface area contributed by atoms with E-state index in [4.69, 9.17) is 14.5 Å². The number of hydrogen-bond donors (Lipinski definition) is 0. The van der Waals surface area contributed by atoms with Crippen LogP contribution >= 0.6 is 0 Å². The standard InChI is InChI=1S/C21H17NO2/c1-23-17-13-11-16(12-14-17)21-22-19-10-6-5-9-18(19)20(24-21)15-7-3-2-4-8-15/h2-14,20H,1H3. The van der Waals surface area contributed by atoms with E-state index in [2.05, 4.69) is 18.2 Å². The molecule has 3 aromatic rings. The normalized spacial score (nSPS) is 15.9. The number of methoxy groups -OCH3 is 1. The van der Waals surface area contributed by atoms with E-state index < -0.39 is 0 Å². The smallest absolute Gasteiger partial charge is 0.222 e. The lowest BCUT2D eigenvalue weighted by Crippen LogP contribution is -2.17. The highest BCUT2D eigenvalue weighted by molar-refractivity contribution is 5.97. The average molecular weight is 315 g/mol. The first-order chi connectivity index (χ1) is 11.8. The molecule has 0 spiro atoms. The number of fused-ring (bicyclic) bond motifs is 1. The van der Waals surface area contributed by atoms with E-state index in [0.717, 1.165) is 28.1 Å². The number of benzene rings is 3. The van der Waals surface area contributed by atoms with Gasteiger partial charge in [-0.2, -0.15) is 0 Å². The predicted octanol–water partition coefficient (Wildman–Crippen LogP) is 4.89. The van der Waals surface area contributed by atoms with E-state index in [1.807, 2.05) is 60.7 Å². The Kier molecular flexibility index (Phi) is 3.75. The van der Waals surface area contributed by atoms with Crippen LogP contribution in [-0.2, 0) is 4.74 Å². The largest absolute Gasteiger partial charge is 0.497 e. The average Bonchev–Trinajstić information content (AvgIpc) is 2.68. The van der Waals surface area contributed by atoms with Crippen LogP contribution in [0.25, 0.3) is 0 Å². The summed E-state index contributed by atoms with van der Waals surface area (Å²) >= 11 is 0. The number of rotatable bonds is 3. The monoisotopic (exact) mass is 315 g/mol. The Hall–Kier alpha value is -3.07. The highest BCUT2D eigenvalue weighted by atomic mass is 16.5. The first kappa shape index (κ1) is 14.5. The van der Waals surface area contributed by atoms with Crippen LogP contribution in [0.2, 0.25) is 0 Å². The summed E-state index contributed by atoms with van der Waals surface area (Å²) in [5.74, 6) is 1.44. The Morgan fingerprint density at radius 2 is 1.54 bits per heavy atom. The highest BCUT2D eigenvalue weighted by Gasteiger charge is 2.25. The molecule has 118 valence electrons. The minimum Gasteiger partial charge on any atom is -0.497 e. The Balaban J connectivity index is 1.78. The summed E-state index contributed by atoms with van der Waals surface area (Å²) in [4.78, 5) is 4.70. The van der Waals surface area contributed by atoms with E-state index in [1.165, 1.54) is 0 Å². The SMILES string of the molecule is COc1ccc(C2=Nc3ccccc3C(c3ccccc3)O2)cc1. The summed E-state index contributed by atoms with van der Waals surface area (Å²) in [7, 11) is 1.66. The highest BCUT2D eigenvalue weighted by Crippen LogP contribution is 2.38. The van der Waals surface area contributed by atoms with Gasteiger partial charge in [0.05, 0.1) is 12.8 Å². The van der Waals surface area contributed by atoms with Gasteiger partial charge in [0.15, 0.2) is 6.10 Å². The molecule has 0 radical (unpaired) electrons. The van der Waals surface area contributed by atoms with Gasteiger partial charge in [-0.05, 0) is 35.9 Å². The van der Waals surface area contributed by atoms with Crippen molar-refractivity contribution in [1.29, 1.82) is 0 Å². The van der Waals surface area contributed by atoms with Crippen LogP contribution in [0.15, 0.2) is 83.9 Å². The molecule has 0 aromatic heterocycles. The molecule has 1 unspecified atom stereocenters. The molecule has 0 saturated heterocycles. The fourth-order valence-electron chi connectivity index (χ4n) is 2.86. The predicted molar refractivity (Wildman–Crippen MR) is 95.0 cm³/mol. The molecule has 1 atom stereocenters. The van der Waals surface area contributed by atoms with Crippen LogP contribution in [-0.4, -0.2) is 13.0 Å². The van der Waals surface area contributed by atoms with Gasteiger partial charge >= 0.3 is 0 Å². The van der Waals surface area contributed by atoms with E-state index in [1.54, 1.807) is 7.11 Å². The molecule has 4 rings (SSSR count). The first-order valence-corrected chi connectivity index (χ1v) is 7.89. The van der Waals surface area contributed by atoms with E-state index in [-0.39, 0.29) is 6.10 Å².